The van der Waals surface area contributed by atoms with Gasteiger partial charge in [0.15, 0.2) is 0 Å². The number of rotatable bonds is 5. The number of hydrogen-bond acceptors (Lipinski definition) is 7. The molecule has 152 valence electrons. The Morgan fingerprint density at radius 2 is 1.84 bits per heavy atom. The van der Waals surface area contributed by atoms with Crippen molar-refractivity contribution in [3.63, 3.8) is 0 Å². The highest BCUT2D eigenvalue weighted by Gasteiger charge is 2.36. The molecule has 1 fully saturated rings. The van der Waals surface area contributed by atoms with E-state index in [-0.39, 0.29) is 22.7 Å². The highest BCUT2D eigenvalue weighted by molar-refractivity contribution is 8.18. The van der Waals surface area contributed by atoms with Crippen LogP contribution in [-0.4, -0.2) is 21.0 Å². The van der Waals surface area contributed by atoms with Crippen molar-refractivity contribution in [3.8, 4) is 17.4 Å². The highest BCUT2D eigenvalue weighted by Crippen LogP contribution is 2.35. The molecule has 2 heterocycles. The van der Waals surface area contributed by atoms with Crippen molar-refractivity contribution in [3.05, 3.63) is 92.6 Å². The number of furan rings is 1. The van der Waals surface area contributed by atoms with Gasteiger partial charge in [0.2, 0.25) is 0 Å². The second-order valence-electron chi connectivity index (χ2n) is 6.51. The van der Waals surface area contributed by atoms with E-state index < -0.39 is 16.1 Å². The summed E-state index contributed by atoms with van der Waals surface area (Å²) in [6.45, 7) is -0.196. The number of nitrogens with zero attached hydrogens (tertiary/aromatic N) is 3. The monoisotopic (exact) mass is 431 g/mol. The molecule has 8 nitrogen and oxygen atoms in total. The summed E-state index contributed by atoms with van der Waals surface area (Å²) in [5.74, 6) is 0.255. The van der Waals surface area contributed by atoms with Crippen LogP contribution in [0, 0.1) is 21.4 Å². The van der Waals surface area contributed by atoms with Gasteiger partial charge in [0, 0.05) is 23.3 Å². The molecule has 9 heteroatoms. The third-order valence-corrected chi connectivity index (χ3v) is 5.51. The van der Waals surface area contributed by atoms with Gasteiger partial charge in [0.25, 0.3) is 16.8 Å². The van der Waals surface area contributed by atoms with E-state index in [1.54, 1.807) is 42.5 Å². The van der Waals surface area contributed by atoms with Crippen LogP contribution < -0.4 is 0 Å². The number of carbonyl (C=O) groups is 2. The van der Waals surface area contributed by atoms with E-state index in [0.29, 0.717) is 22.6 Å². The zero-order chi connectivity index (χ0) is 22.0. The van der Waals surface area contributed by atoms with Gasteiger partial charge in [-0.2, -0.15) is 5.26 Å². The summed E-state index contributed by atoms with van der Waals surface area (Å²) in [5, 5.41) is 19.9. The molecule has 3 aromatic rings. The Morgan fingerprint density at radius 3 is 2.61 bits per heavy atom. The molecule has 0 unspecified atom stereocenters. The summed E-state index contributed by atoms with van der Waals surface area (Å²) in [6, 6.07) is 18.3. The normalized spacial score (nSPS) is 14.8. The maximum atomic E-state index is 12.7. The third kappa shape index (κ3) is 3.97. The average Bonchev–Trinajstić information content (AvgIpc) is 3.34. The second kappa shape index (κ2) is 8.30. The van der Waals surface area contributed by atoms with Gasteiger partial charge >= 0.3 is 0 Å². The summed E-state index contributed by atoms with van der Waals surface area (Å²) in [6.07, 6.45) is 1.45. The molecule has 0 saturated carbocycles. The smallest absolute Gasteiger partial charge is 0.293 e. The van der Waals surface area contributed by atoms with E-state index in [0.717, 1.165) is 16.7 Å². The summed E-state index contributed by atoms with van der Waals surface area (Å²) in [4.78, 5) is 36.9. The lowest BCUT2D eigenvalue weighted by Crippen LogP contribution is -2.27. The predicted molar refractivity (Wildman–Crippen MR) is 113 cm³/mol. The SMILES string of the molecule is N#Cc1ccccc1-c1ccc(/C=C2/SC(=O)N(Cc3ccccc3[N+](=O)[O-])C2=O)o1. The van der Waals surface area contributed by atoms with Crippen molar-refractivity contribution in [1.29, 1.82) is 5.26 Å². The maximum absolute atomic E-state index is 12.7. The zero-order valence-electron chi connectivity index (χ0n) is 15.8. The van der Waals surface area contributed by atoms with Gasteiger partial charge in [-0.25, -0.2) is 0 Å². The van der Waals surface area contributed by atoms with Crippen molar-refractivity contribution >= 4 is 34.7 Å². The molecule has 0 bridgehead atoms. The van der Waals surface area contributed by atoms with E-state index in [1.165, 1.54) is 24.3 Å². The average molecular weight is 431 g/mol. The van der Waals surface area contributed by atoms with Crippen molar-refractivity contribution in [1.82, 2.24) is 4.90 Å². The van der Waals surface area contributed by atoms with E-state index >= 15 is 0 Å². The Hall–Kier alpha value is -4.16. The number of nitro benzene ring substituents is 1. The number of amides is 2. The van der Waals surface area contributed by atoms with E-state index in [2.05, 4.69) is 6.07 Å². The minimum absolute atomic E-state index is 0.151. The molecule has 31 heavy (non-hydrogen) atoms. The molecular weight excluding hydrogens is 418 g/mol. The van der Waals surface area contributed by atoms with Crippen molar-refractivity contribution in [2.45, 2.75) is 6.54 Å². The highest BCUT2D eigenvalue weighted by atomic mass is 32.2. The maximum Gasteiger partial charge on any atom is 0.293 e. The Morgan fingerprint density at radius 1 is 1.10 bits per heavy atom. The van der Waals surface area contributed by atoms with Gasteiger partial charge in [-0.3, -0.25) is 24.6 Å². The Kier molecular flexibility index (Phi) is 5.39. The summed E-state index contributed by atoms with van der Waals surface area (Å²) >= 11 is 0.739. The molecule has 0 aliphatic carbocycles. The fourth-order valence-electron chi connectivity index (χ4n) is 3.13. The van der Waals surface area contributed by atoms with Gasteiger partial charge in [0.1, 0.15) is 11.5 Å². The molecule has 1 aromatic heterocycles. The fraction of sp³-hybridized carbons (Fsp3) is 0.0455. The van der Waals surface area contributed by atoms with Gasteiger partial charge in [-0.15, -0.1) is 0 Å². The summed E-state index contributed by atoms with van der Waals surface area (Å²) < 4.78 is 5.75. The number of imide groups is 1. The van der Waals surface area contributed by atoms with Gasteiger partial charge in [-0.1, -0.05) is 30.3 Å². The van der Waals surface area contributed by atoms with Gasteiger partial charge in [0.05, 0.1) is 28.0 Å². The van der Waals surface area contributed by atoms with Gasteiger partial charge in [-0.05, 0) is 36.0 Å². The molecule has 4 rings (SSSR count). The molecule has 1 aliphatic heterocycles. The number of para-hydroxylation sites is 1. The largest absolute Gasteiger partial charge is 0.457 e. The van der Waals surface area contributed by atoms with Crippen LogP contribution in [-0.2, 0) is 11.3 Å². The Balaban J connectivity index is 1.58. The minimum atomic E-state index is -0.552. The minimum Gasteiger partial charge on any atom is -0.457 e. The quantitative estimate of drug-likeness (QED) is 0.318. The molecule has 2 aromatic carbocycles. The number of nitro groups is 1. The molecule has 2 amide bonds. The first-order valence-corrected chi connectivity index (χ1v) is 9.86. The molecule has 0 radical (unpaired) electrons. The van der Waals surface area contributed by atoms with Crippen molar-refractivity contribution in [2.75, 3.05) is 0 Å². The van der Waals surface area contributed by atoms with Crippen LogP contribution >= 0.6 is 11.8 Å². The van der Waals surface area contributed by atoms with Crippen LogP contribution in [0.15, 0.2) is 70.0 Å². The lowest BCUT2D eigenvalue weighted by Gasteiger charge is -2.12. The first-order valence-electron chi connectivity index (χ1n) is 9.05. The fourth-order valence-corrected chi connectivity index (χ4v) is 3.95. The van der Waals surface area contributed by atoms with Crippen LogP contribution in [0.2, 0.25) is 0 Å². The lowest BCUT2D eigenvalue weighted by atomic mass is 10.1. The first-order chi connectivity index (χ1) is 15.0. The Labute approximate surface area is 180 Å². The first kappa shape index (κ1) is 20.1. The van der Waals surface area contributed by atoms with Crippen LogP contribution in [0.3, 0.4) is 0 Å². The number of thioether (sulfide) groups is 1. The van der Waals surface area contributed by atoms with Crippen LogP contribution in [0.5, 0.6) is 0 Å². The van der Waals surface area contributed by atoms with E-state index in [9.17, 15) is 25.0 Å². The third-order valence-electron chi connectivity index (χ3n) is 4.60. The van der Waals surface area contributed by atoms with Crippen molar-refractivity contribution in [2.24, 2.45) is 0 Å². The van der Waals surface area contributed by atoms with Crippen LogP contribution in [0.1, 0.15) is 16.9 Å². The second-order valence-corrected chi connectivity index (χ2v) is 7.51. The molecule has 0 atom stereocenters. The summed E-state index contributed by atoms with van der Waals surface area (Å²) in [5.41, 5.74) is 1.18. The van der Waals surface area contributed by atoms with Crippen LogP contribution in [0.25, 0.3) is 17.4 Å². The van der Waals surface area contributed by atoms with Crippen LogP contribution in [0.4, 0.5) is 10.5 Å². The standard InChI is InChI=1S/C22H13N3O5S/c23-12-14-5-1-3-7-17(14)19-10-9-16(30-19)11-20-21(26)24(22(27)31-20)13-15-6-2-4-8-18(15)25(28)29/h1-11H,13H2/b20-11+. The zero-order valence-corrected chi connectivity index (χ0v) is 16.7. The topological polar surface area (TPSA) is 117 Å². The predicted octanol–water partition coefficient (Wildman–Crippen LogP) is 4.96. The molecule has 0 spiro atoms. The van der Waals surface area contributed by atoms with E-state index in [1.807, 2.05) is 0 Å². The molecule has 0 N–H and O–H groups in total. The molecule has 1 aliphatic rings. The summed E-state index contributed by atoms with van der Waals surface area (Å²) in [7, 11) is 0. The molecular formula is C22H13N3O5S. The number of benzene rings is 2. The van der Waals surface area contributed by atoms with Crippen molar-refractivity contribution < 1.29 is 18.9 Å². The van der Waals surface area contributed by atoms with E-state index in [4.69, 9.17) is 4.42 Å². The molecule has 1 saturated heterocycles. The number of hydrogen-bond donors (Lipinski definition) is 0. The Bertz CT molecular complexity index is 1290. The van der Waals surface area contributed by atoms with Gasteiger partial charge < -0.3 is 4.42 Å². The number of nitriles is 1. The lowest BCUT2D eigenvalue weighted by molar-refractivity contribution is -0.385. The number of carbonyl (C=O) groups excluding carboxylic acids is 2.